The lowest BCUT2D eigenvalue weighted by atomic mass is 10.1. The van der Waals surface area contributed by atoms with Crippen molar-refractivity contribution in [3.8, 4) is 10.6 Å². The van der Waals surface area contributed by atoms with E-state index in [0.717, 1.165) is 26.8 Å². The van der Waals surface area contributed by atoms with Gasteiger partial charge in [0, 0.05) is 37.2 Å². The van der Waals surface area contributed by atoms with Gasteiger partial charge in [0.1, 0.15) is 18.0 Å². The Morgan fingerprint density at radius 1 is 1.34 bits per heavy atom. The number of nitrogens with zero attached hydrogens (tertiary/aromatic N) is 5. The van der Waals surface area contributed by atoms with Gasteiger partial charge in [-0.25, -0.2) is 9.97 Å². The minimum absolute atomic E-state index is 0.0496. The summed E-state index contributed by atoms with van der Waals surface area (Å²) in [6, 6.07) is 3.71. The Hall–Kier alpha value is -3.27. The van der Waals surface area contributed by atoms with Crippen LogP contribution in [0.25, 0.3) is 10.6 Å². The van der Waals surface area contributed by atoms with Crippen molar-refractivity contribution in [3.63, 3.8) is 0 Å². The van der Waals surface area contributed by atoms with Gasteiger partial charge in [0.15, 0.2) is 0 Å². The summed E-state index contributed by atoms with van der Waals surface area (Å²) in [5.41, 5.74) is 1.73. The van der Waals surface area contributed by atoms with Gasteiger partial charge in [-0.1, -0.05) is 0 Å². The van der Waals surface area contributed by atoms with Crippen molar-refractivity contribution in [2.75, 3.05) is 18.4 Å². The predicted molar refractivity (Wildman–Crippen MR) is 122 cm³/mol. The number of ether oxygens (including phenoxy) is 1. The van der Waals surface area contributed by atoms with E-state index in [0.29, 0.717) is 24.5 Å². The van der Waals surface area contributed by atoms with Crippen molar-refractivity contribution in [2.24, 2.45) is 7.05 Å². The molecule has 0 unspecified atom stereocenters. The summed E-state index contributed by atoms with van der Waals surface area (Å²) < 4.78 is 7.07. The zero-order valence-corrected chi connectivity index (χ0v) is 19.6. The number of hydrogen-bond donors (Lipinski definition) is 1. The molecule has 1 aliphatic rings. The predicted octanol–water partition coefficient (Wildman–Crippen LogP) is 3.33. The molecule has 10 heteroatoms. The van der Waals surface area contributed by atoms with E-state index in [1.54, 1.807) is 33.3 Å². The van der Waals surface area contributed by atoms with E-state index in [-0.39, 0.29) is 12.5 Å². The third kappa shape index (κ3) is 4.64. The van der Waals surface area contributed by atoms with Crippen molar-refractivity contribution in [2.45, 2.75) is 39.7 Å². The largest absolute Gasteiger partial charge is 0.459 e. The number of rotatable bonds is 5. The topological polar surface area (TPSA) is 102 Å². The summed E-state index contributed by atoms with van der Waals surface area (Å²) >= 11 is 1.56. The highest BCUT2D eigenvalue weighted by molar-refractivity contribution is 7.15. The van der Waals surface area contributed by atoms with Gasteiger partial charge in [-0.3, -0.25) is 14.3 Å². The zero-order valence-electron chi connectivity index (χ0n) is 18.8. The number of nitrogens with one attached hydrogen (secondary N) is 1. The Bertz CT molecular complexity index is 1180. The van der Waals surface area contributed by atoms with Crippen molar-refractivity contribution < 1.29 is 14.3 Å². The van der Waals surface area contributed by atoms with Gasteiger partial charge >= 0.3 is 5.97 Å². The van der Waals surface area contributed by atoms with E-state index in [9.17, 15) is 9.59 Å². The maximum Gasteiger partial charge on any atom is 0.326 e. The Balaban J connectivity index is 1.56. The maximum absolute atomic E-state index is 13.0. The SMILES string of the molecule is Cc1cnc(Nc2ccnn2C)nc1-c1cc2c(s1)CCN(CC(=O)OC(C)(C)C)C2=O. The summed E-state index contributed by atoms with van der Waals surface area (Å²) in [7, 11) is 1.83. The van der Waals surface area contributed by atoms with Gasteiger partial charge < -0.3 is 15.0 Å². The Morgan fingerprint density at radius 2 is 2.12 bits per heavy atom. The molecule has 0 aromatic carbocycles. The second-order valence-electron chi connectivity index (χ2n) is 8.70. The number of aryl methyl sites for hydroxylation is 2. The lowest BCUT2D eigenvalue weighted by Crippen LogP contribution is -2.42. The standard InChI is InChI=1S/C22H26N6O3S/c1-13-11-23-21(25-17-6-8-24-27(17)5)26-19(13)16-10-14-15(32-16)7-9-28(20(14)30)12-18(29)31-22(2,3)4/h6,8,10-11H,7,9,12H2,1-5H3,(H,23,25,26). The van der Waals surface area contributed by atoms with E-state index in [4.69, 9.17) is 4.74 Å². The first-order valence-corrected chi connectivity index (χ1v) is 11.2. The highest BCUT2D eigenvalue weighted by atomic mass is 32.1. The summed E-state index contributed by atoms with van der Waals surface area (Å²) in [6.07, 6.45) is 4.15. The molecule has 0 spiro atoms. The molecule has 168 valence electrons. The summed E-state index contributed by atoms with van der Waals surface area (Å²) in [6.45, 7) is 7.82. The highest BCUT2D eigenvalue weighted by Gasteiger charge is 2.30. The monoisotopic (exact) mass is 454 g/mol. The lowest BCUT2D eigenvalue weighted by molar-refractivity contribution is -0.155. The minimum Gasteiger partial charge on any atom is -0.459 e. The number of thiophene rings is 1. The number of carbonyl (C=O) groups is 2. The Labute approximate surface area is 190 Å². The fraction of sp³-hybridized carbons (Fsp3) is 0.409. The molecule has 4 rings (SSSR count). The first-order chi connectivity index (χ1) is 15.1. The van der Waals surface area contributed by atoms with Crippen LogP contribution in [0.3, 0.4) is 0 Å². The van der Waals surface area contributed by atoms with Crippen molar-refractivity contribution in [1.82, 2.24) is 24.6 Å². The van der Waals surface area contributed by atoms with Crippen LogP contribution < -0.4 is 5.32 Å². The molecule has 0 fully saturated rings. The molecule has 1 amide bonds. The summed E-state index contributed by atoms with van der Waals surface area (Å²) in [5, 5.41) is 7.30. The first-order valence-electron chi connectivity index (χ1n) is 10.3. The van der Waals surface area contributed by atoms with Gasteiger partial charge in [0.25, 0.3) is 5.91 Å². The van der Waals surface area contributed by atoms with E-state index in [2.05, 4.69) is 20.4 Å². The molecule has 0 radical (unpaired) electrons. The average molecular weight is 455 g/mol. The second kappa shape index (κ2) is 8.34. The molecule has 0 aliphatic carbocycles. The smallest absolute Gasteiger partial charge is 0.326 e. The molecule has 1 aliphatic heterocycles. The van der Waals surface area contributed by atoms with Crippen molar-refractivity contribution in [3.05, 3.63) is 40.5 Å². The number of carbonyl (C=O) groups excluding carboxylic acids is 2. The molecule has 3 aromatic heterocycles. The van der Waals surface area contributed by atoms with E-state index >= 15 is 0 Å². The van der Waals surface area contributed by atoms with Crippen LogP contribution >= 0.6 is 11.3 Å². The van der Waals surface area contributed by atoms with Crippen LogP contribution in [0.4, 0.5) is 11.8 Å². The number of aromatic nitrogens is 4. The molecule has 9 nitrogen and oxygen atoms in total. The van der Waals surface area contributed by atoms with Gasteiger partial charge in [-0.2, -0.15) is 5.10 Å². The number of esters is 1. The normalized spacial score (nSPS) is 13.8. The third-order valence-corrected chi connectivity index (χ3v) is 6.14. The number of amides is 1. The van der Waals surface area contributed by atoms with Crippen LogP contribution in [0, 0.1) is 6.92 Å². The number of anilines is 2. The third-order valence-electron chi connectivity index (χ3n) is 4.94. The highest BCUT2D eigenvalue weighted by Crippen LogP contribution is 2.35. The Morgan fingerprint density at radius 3 is 2.81 bits per heavy atom. The quantitative estimate of drug-likeness (QED) is 0.590. The molecule has 0 saturated carbocycles. The van der Waals surface area contributed by atoms with Crippen LogP contribution in [0.5, 0.6) is 0 Å². The number of fused-ring (bicyclic) bond motifs is 1. The second-order valence-corrected chi connectivity index (χ2v) is 9.84. The van der Waals surface area contributed by atoms with Gasteiger partial charge in [-0.15, -0.1) is 11.3 Å². The van der Waals surface area contributed by atoms with E-state index in [1.807, 2.05) is 46.9 Å². The van der Waals surface area contributed by atoms with E-state index < -0.39 is 11.6 Å². The lowest BCUT2D eigenvalue weighted by Gasteiger charge is -2.27. The van der Waals surface area contributed by atoms with Crippen molar-refractivity contribution >= 4 is 35.0 Å². The van der Waals surface area contributed by atoms with Crippen LogP contribution in [0.15, 0.2) is 24.5 Å². The Kier molecular flexibility index (Phi) is 5.72. The molecule has 1 N–H and O–H groups in total. The summed E-state index contributed by atoms with van der Waals surface area (Å²) in [5.74, 6) is 0.679. The molecule has 3 aromatic rings. The van der Waals surface area contributed by atoms with Gasteiger partial charge in [0.2, 0.25) is 5.95 Å². The zero-order chi connectivity index (χ0) is 23.0. The molecular formula is C22H26N6O3S. The first kappa shape index (κ1) is 21.9. The fourth-order valence-corrected chi connectivity index (χ4v) is 4.66. The summed E-state index contributed by atoms with van der Waals surface area (Å²) in [4.78, 5) is 37.7. The van der Waals surface area contributed by atoms with Crippen LogP contribution in [-0.2, 0) is 23.0 Å². The fourth-order valence-electron chi connectivity index (χ4n) is 3.46. The molecule has 0 saturated heterocycles. The molecule has 32 heavy (non-hydrogen) atoms. The maximum atomic E-state index is 13.0. The van der Waals surface area contributed by atoms with Crippen molar-refractivity contribution in [1.29, 1.82) is 0 Å². The van der Waals surface area contributed by atoms with Crippen LogP contribution in [0.2, 0.25) is 0 Å². The van der Waals surface area contributed by atoms with E-state index in [1.165, 1.54) is 0 Å². The number of hydrogen-bond acceptors (Lipinski definition) is 8. The molecule has 0 bridgehead atoms. The van der Waals surface area contributed by atoms with Crippen LogP contribution in [-0.4, -0.2) is 55.2 Å². The average Bonchev–Trinajstić information content (AvgIpc) is 3.31. The molecule has 0 atom stereocenters. The van der Waals surface area contributed by atoms with Gasteiger partial charge in [-0.05, 0) is 39.3 Å². The van der Waals surface area contributed by atoms with Gasteiger partial charge in [0.05, 0.1) is 22.3 Å². The minimum atomic E-state index is -0.581. The van der Waals surface area contributed by atoms with Crippen LogP contribution in [0.1, 0.15) is 41.6 Å². The molecular weight excluding hydrogens is 428 g/mol. The molecule has 4 heterocycles.